The second kappa shape index (κ2) is 8.24. The van der Waals surface area contributed by atoms with Crippen molar-refractivity contribution in [1.82, 2.24) is 0 Å². The summed E-state index contributed by atoms with van der Waals surface area (Å²) in [6.07, 6.45) is 1.85. The van der Waals surface area contributed by atoms with Gasteiger partial charge in [0.2, 0.25) is 5.88 Å². The summed E-state index contributed by atoms with van der Waals surface area (Å²) in [4.78, 5) is 12.7. The van der Waals surface area contributed by atoms with E-state index in [0.29, 0.717) is 36.5 Å². The Bertz CT molecular complexity index is 1310. The standard InChI is InChI=1S/C27H22N2O3/c28-15-22-25(26-23(30)9-4-10-24(26)32-27(22)29)18-11-13-20(14-12-18)31-16-19-7-3-6-17-5-1-2-8-21(17)19/h1-3,5-8,11-14,25H,4,9-10,16,29H2/t25-/m1/s1. The van der Waals surface area contributed by atoms with Gasteiger partial charge in [0.1, 0.15) is 29.8 Å². The highest BCUT2D eigenvalue weighted by molar-refractivity contribution is 5.99. The van der Waals surface area contributed by atoms with Crippen molar-refractivity contribution in [2.45, 2.75) is 31.8 Å². The van der Waals surface area contributed by atoms with Gasteiger partial charge in [0.15, 0.2) is 5.78 Å². The van der Waals surface area contributed by atoms with Gasteiger partial charge in [-0.3, -0.25) is 4.79 Å². The van der Waals surface area contributed by atoms with Crippen molar-refractivity contribution in [3.05, 3.63) is 101 Å². The van der Waals surface area contributed by atoms with E-state index < -0.39 is 5.92 Å². The van der Waals surface area contributed by atoms with Crippen LogP contribution in [0.2, 0.25) is 0 Å². The maximum absolute atomic E-state index is 12.7. The second-order valence-corrected chi connectivity index (χ2v) is 8.03. The maximum atomic E-state index is 12.7. The molecule has 5 nitrogen and oxygen atoms in total. The third kappa shape index (κ3) is 3.50. The van der Waals surface area contributed by atoms with E-state index in [2.05, 4.69) is 30.3 Å². The lowest BCUT2D eigenvalue weighted by Gasteiger charge is -2.31. The van der Waals surface area contributed by atoms with Crippen molar-refractivity contribution in [2.75, 3.05) is 0 Å². The van der Waals surface area contributed by atoms with Crippen LogP contribution in [0.3, 0.4) is 0 Å². The Morgan fingerprint density at radius 1 is 1.03 bits per heavy atom. The Morgan fingerprint density at radius 3 is 2.62 bits per heavy atom. The Balaban J connectivity index is 1.41. The normalized spacial score (nSPS) is 18.2. The zero-order valence-corrected chi connectivity index (χ0v) is 17.5. The molecule has 5 heteroatoms. The van der Waals surface area contributed by atoms with Crippen LogP contribution in [0.4, 0.5) is 0 Å². The van der Waals surface area contributed by atoms with Gasteiger partial charge in [0.25, 0.3) is 0 Å². The average Bonchev–Trinajstić information content (AvgIpc) is 2.82. The zero-order valence-electron chi connectivity index (χ0n) is 17.5. The van der Waals surface area contributed by atoms with Gasteiger partial charge in [-0.2, -0.15) is 5.26 Å². The molecule has 32 heavy (non-hydrogen) atoms. The number of nitriles is 1. The predicted octanol–water partition coefficient (Wildman–Crippen LogP) is 5.23. The monoisotopic (exact) mass is 422 g/mol. The first-order chi connectivity index (χ1) is 15.7. The molecule has 0 radical (unpaired) electrons. The Hall–Kier alpha value is -4.04. The molecule has 0 fully saturated rings. The van der Waals surface area contributed by atoms with E-state index >= 15 is 0 Å². The minimum absolute atomic E-state index is 0.0211. The van der Waals surface area contributed by atoms with E-state index in [1.807, 2.05) is 42.5 Å². The van der Waals surface area contributed by atoms with Crippen LogP contribution in [0.25, 0.3) is 10.8 Å². The molecule has 0 unspecified atom stereocenters. The highest BCUT2D eigenvalue weighted by Crippen LogP contribution is 2.43. The molecule has 3 aromatic carbocycles. The number of nitrogens with two attached hydrogens (primary N) is 1. The number of fused-ring (bicyclic) bond motifs is 1. The minimum Gasteiger partial charge on any atom is -0.489 e. The lowest BCUT2D eigenvalue weighted by molar-refractivity contribution is -0.116. The number of nitrogens with zero attached hydrogens (tertiary/aromatic N) is 1. The summed E-state index contributed by atoms with van der Waals surface area (Å²) in [7, 11) is 0. The summed E-state index contributed by atoms with van der Waals surface area (Å²) in [5.74, 6) is 0.922. The molecule has 1 heterocycles. The third-order valence-electron chi connectivity index (χ3n) is 6.09. The van der Waals surface area contributed by atoms with Crippen LogP contribution in [-0.4, -0.2) is 5.78 Å². The van der Waals surface area contributed by atoms with E-state index in [0.717, 1.165) is 17.5 Å². The molecule has 2 aliphatic rings. The van der Waals surface area contributed by atoms with Gasteiger partial charge in [0.05, 0.1) is 5.92 Å². The van der Waals surface area contributed by atoms with Gasteiger partial charge < -0.3 is 15.2 Å². The first kappa shape index (κ1) is 19.9. The highest BCUT2D eigenvalue weighted by atomic mass is 16.5. The van der Waals surface area contributed by atoms with Gasteiger partial charge in [-0.1, -0.05) is 54.6 Å². The van der Waals surface area contributed by atoms with E-state index in [1.54, 1.807) is 0 Å². The number of hydrogen-bond donors (Lipinski definition) is 1. The fourth-order valence-electron chi connectivity index (χ4n) is 4.53. The molecule has 0 saturated heterocycles. The van der Waals surface area contributed by atoms with E-state index in [-0.39, 0.29) is 17.2 Å². The molecule has 0 spiro atoms. The Kier molecular flexibility index (Phi) is 5.12. The van der Waals surface area contributed by atoms with Crippen molar-refractivity contribution in [3.8, 4) is 11.8 Å². The fourth-order valence-corrected chi connectivity index (χ4v) is 4.53. The molecule has 1 aliphatic heterocycles. The second-order valence-electron chi connectivity index (χ2n) is 8.03. The quantitative estimate of drug-likeness (QED) is 0.622. The molecule has 0 aromatic heterocycles. The van der Waals surface area contributed by atoms with Crippen molar-refractivity contribution in [1.29, 1.82) is 5.26 Å². The lowest BCUT2D eigenvalue weighted by Crippen LogP contribution is -2.27. The van der Waals surface area contributed by atoms with Gasteiger partial charge in [0, 0.05) is 18.4 Å². The number of hydrogen-bond acceptors (Lipinski definition) is 5. The maximum Gasteiger partial charge on any atom is 0.205 e. The summed E-state index contributed by atoms with van der Waals surface area (Å²) >= 11 is 0. The van der Waals surface area contributed by atoms with E-state index in [9.17, 15) is 10.1 Å². The molecule has 2 N–H and O–H groups in total. The molecule has 0 bridgehead atoms. The Morgan fingerprint density at radius 2 is 1.81 bits per heavy atom. The van der Waals surface area contributed by atoms with Gasteiger partial charge >= 0.3 is 0 Å². The van der Waals surface area contributed by atoms with E-state index in [1.165, 1.54) is 10.8 Å². The third-order valence-corrected chi connectivity index (χ3v) is 6.09. The summed E-state index contributed by atoms with van der Waals surface area (Å²) in [6.45, 7) is 0.446. The predicted molar refractivity (Wildman–Crippen MR) is 121 cm³/mol. The van der Waals surface area contributed by atoms with E-state index in [4.69, 9.17) is 15.2 Å². The summed E-state index contributed by atoms with van der Waals surface area (Å²) in [5, 5.41) is 12.0. The zero-order chi connectivity index (χ0) is 22.1. The number of ether oxygens (including phenoxy) is 2. The molecular formula is C27H22N2O3. The van der Waals surface area contributed by atoms with Crippen LogP contribution in [0.1, 0.15) is 36.3 Å². The average molecular weight is 422 g/mol. The summed E-state index contributed by atoms with van der Waals surface area (Å²) < 4.78 is 11.7. The molecular weight excluding hydrogens is 400 g/mol. The molecule has 1 atom stereocenters. The molecule has 0 saturated carbocycles. The van der Waals surface area contributed by atoms with Gasteiger partial charge in [-0.05, 0) is 40.5 Å². The number of Topliss-reactive ketones (excluding diaryl/α,β-unsaturated/α-hetero) is 1. The SMILES string of the molecule is N#CC1=C(N)OC2=C(C(=O)CCC2)[C@@H]1c1ccc(OCc2cccc3ccccc23)cc1. The van der Waals surface area contributed by atoms with Crippen molar-refractivity contribution in [2.24, 2.45) is 5.73 Å². The van der Waals surface area contributed by atoms with Crippen molar-refractivity contribution in [3.63, 3.8) is 0 Å². The number of ketones is 1. The van der Waals surface area contributed by atoms with Gasteiger partial charge in [-0.15, -0.1) is 0 Å². The Labute approximate surface area is 186 Å². The summed E-state index contributed by atoms with van der Waals surface area (Å²) in [5.41, 5.74) is 8.80. The fraction of sp³-hybridized carbons (Fsp3) is 0.185. The minimum atomic E-state index is -0.497. The first-order valence-corrected chi connectivity index (χ1v) is 10.7. The van der Waals surface area contributed by atoms with Crippen LogP contribution in [0, 0.1) is 11.3 Å². The molecule has 1 aliphatic carbocycles. The largest absolute Gasteiger partial charge is 0.489 e. The topological polar surface area (TPSA) is 85.3 Å². The molecule has 0 amide bonds. The number of rotatable bonds is 4. The number of allylic oxidation sites excluding steroid dienone is 3. The number of benzene rings is 3. The van der Waals surface area contributed by atoms with Crippen LogP contribution < -0.4 is 10.5 Å². The highest BCUT2D eigenvalue weighted by Gasteiger charge is 2.37. The number of carbonyl (C=O) groups excluding carboxylic acids is 1. The smallest absolute Gasteiger partial charge is 0.205 e. The van der Waals surface area contributed by atoms with Crippen molar-refractivity contribution >= 4 is 16.6 Å². The first-order valence-electron chi connectivity index (χ1n) is 10.7. The van der Waals surface area contributed by atoms with Gasteiger partial charge in [-0.25, -0.2) is 0 Å². The van der Waals surface area contributed by atoms with Crippen LogP contribution >= 0.6 is 0 Å². The molecule has 5 rings (SSSR count). The van der Waals surface area contributed by atoms with Crippen LogP contribution in [0.15, 0.2) is 89.5 Å². The lowest BCUT2D eigenvalue weighted by atomic mass is 9.77. The van der Waals surface area contributed by atoms with Crippen LogP contribution in [-0.2, 0) is 16.1 Å². The number of carbonyl (C=O) groups is 1. The molecule has 158 valence electrons. The summed E-state index contributed by atoms with van der Waals surface area (Å²) in [6, 6.07) is 24.1. The molecule has 3 aromatic rings. The van der Waals surface area contributed by atoms with Crippen molar-refractivity contribution < 1.29 is 14.3 Å². The van der Waals surface area contributed by atoms with Crippen LogP contribution in [0.5, 0.6) is 5.75 Å².